The molecule has 0 radical (unpaired) electrons. The maximum atomic E-state index is 12.2. The molecule has 1 fully saturated rings. The number of hydrogen-bond acceptors (Lipinski definition) is 6. The number of aromatic nitrogens is 5. The van der Waals surface area contributed by atoms with Gasteiger partial charge in [-0.25, -0.2) is 4.52 Å². The summed E-state index contributed by atoms with van der Waals surface area (Å²) in [5.74, 6) is 2.29. The van der Waals surface area contributed by atoms with Crippen molar-refractivity contribution in [3.05, 3.63) is 30.1 Å². The highest BCUT2D eigenvalue weighted by molar-refractivity contribution is 5.78. The third-order valence-electron chi connectivity index (χ3n) is 4.70. The number of hydrogen-bond donors (Lipinski definition) is 2. The molecule has 0 aliphatic carbocycles. The molecular weight excluding hydrogens is 344 g/mol. The van der Waals surface area contributed by atoms with Crippen LogP contribution < -0.4 is 10.2 Å². The number of fused-ring (bicyclic) bond motifs is 1. The quantitative estimate of drug-likeness (QED) is 0.729. The van der Waals surface area contributed by atoms with Gasteiger partial charge in [0.1, 0.15) is 5.52 Å². The number of aryl methyl sites for hydroxylation is 1. The highest BCUT2D eigenvalue weighted by atomic mass is 16.2. The topological polar surface area (TPSA) is 94.5 Å². The zero-order chi connectivity index (χ0) is 19.0. The van der Waals surface area contributed by atoms with Crippen LogP contribution in [0.3, 0.4) is 0 Å². The van der Waals surface area contributed by atoms with Crippen molar-refractivity contribution in [1.82, 2.24) is 29.7 Å². The Morgan fingerprint density at radius 2 is 2.04 bits per heavy atom. The van der Waals surface area contributed by atoms with Crippen molar-refractivity contribution in [2.45, 2.75) is 20.8 Å². The second-order valence-corrected chi connectivity index (χ2v) is 7.13. The summed E-state index contributed by atoms with van der Waals surface area (Å²) < 4.78 is 1.82. The lowest BCUT2D eigenvalue weighted by atomic mass is 10.1. The summed E-state index contributed by atoms with van der Waals surface area (Å²) in [4.78, 5) is 21.0. The van der Waals surface area contributed by atoms with Crippen LogP contribution in [0.25, 0.3) is 5.52 Å². The number of H-pyrrole nitrogens is 1. The maximum Gasteiger partial charge on any atom is 0.245 e. The molecule has 1 saturated heterocycles. The van der Waals surface area contributed by atoms with Crippen LogP contribution in [0.5, 0.6) is 0 Å². The smallest absolute Gasteiger partial charge is 0.245 e. The van der Waals surface area contributed by atoms with Crippen molar-refractivity contribution in [3.63, 3.8) is 0 Å². The monoisotopic (exact) mass is 368 g/mol. The van der Waals surface area contributed by atoms with Gasteiger partial charge in [-0.1, -0.05) is 13.8 Å². The van der Waals surface area contributed by atoms with Gasteiger partial charge in [-0.15, -0.1) is 5.10 Å². The molecule has 0 bridgehead atoms. The lowest BCUT2D eigenvalue weighted by Gasteiger charge is -2.35. The average Bonchev–Trinajstić information content (AvgIpc) is 3.30. The molecule has 142 valence electrons. The molecule has 9 nitrogen and oxygen atoms in total. The minimum Gasteiger partial charge on any atom is -0.339 e. The minimum atomic E-state index is 0.0251. The van der Waals surface area contributed by atoms with Crippen LogP contribution in [-0.2, 0) is 4.79 Å². The van der Waals surface area contributed by atoms with E-state index in [-0.39, 0.29) is 11.8 Å². The van der Waals surface area contributed by atoms with Gasteiger partial charge < -0.3 is 15.1 Å². The van der Waals surface area contributed by atoms with Crippen molar-refractivity contribution >= 4 is 29.0 Å². The van der Waals surface area contributed by atoms with Gasteiger partial charge >= 0.3 is 0 Å². The molecule has 2 N–H and O–H groups in total. The van der Waals surface area contributed by atoms with Crippen molar-refractivity contribution < 1.29 is 4.79 Å². The molecule has 1 amide bonds. The fraction of sp³-hybridized carbons (Fsp3) is 0.444. The number of amides is 1. The molecule has 0 unspecified atom stereocenters. The Labute approximate surface area is 157 Å². The van der Waals surface area contributed by atoms with Gasteiger partial charge in [0.2, 0.25) is 11.9 Å². The number of nitrogens with zero attached hydrogens (tertiary/aromatic N) is 6. The van der Waals surface area contributed by atoms with E-state index < -0.39 is 0 Å². The molecule has 0 spiro atoms. The van der Waals surface area contributed by atoms with Crippen molar-refractivity contribution in [3.8, 4) is 0 Å². The molecule has 0 aromatic carbocycles. The predicted molar refractivity (Wildman–Crippen MR) is 103 cm³/mol. The van der Waals surface area contributed by atoms with E-state index in [2.05, 4.69) is 25.5 Å². The summed E-state index contributed by atoms with van der Waals surface area (Å²) in [5.41, 5.74) is 1.86. The summed E-state index contributed by atoms with van der Waals surface area (Å²) in [6.45, 7) is 8.63. The largest absolute Gasteiger partial charge is 0.339 e. The van der Waals surface area contributed by atoms with Crippen LogP contribution in [0.15, 0.2) is 24.4 Å². The van der Waals surface area contributed by atoms with Crippen LogP contribution in [0, 0.1) is 12.8 Å². The summed E-state index contributed by atoms with van der Waals surface area (Å²) in [5, 5.41) is 15.1. The highest BCUT2D eigenvalue weighted by Crippen LogP contribution is 2.22. The first-order chi connectivity index (χ1) is 13.0. The lowest BCUT2D eigenvalue weighted by Crippen LogP contribution is -2.50. The van der Waals surface area contributed by atoms with Crippen molar-refractivity contribution in [2.24, 2.45) is 5.92 Å². The third kappa shape index (κ3) is 3.44. The Morgan fingerprint density at radius 3 is 2.70 bits per heavy atom. The van der Waals surface area contributed by atoms with E-state index in [0.717, 1.165) is 11.2 Å². The van der Waals surface area contributed by atoms with Gasteiger partial charge in [-0.3, -0.25) is 9.89 Å². The zero-order valence-corrected chi connectivity index (χ0v) is 15.8. The van der Waals surface area contributed by atoms with Crippen LogP contribution in [0.1, 0.15) is 19.5 Å². The molecule has 4 rings (SSSR count). The first-order valence-electron chi connectivity index (χ1n) is 9.19. The Bertz CT molecular complexity index is 951. The number of carbonyl (C=O) groups is 1. The van der Waals surface area contributed by atoms with Crippen LogP contribution in [-0.4, -0.2) is 61.8 Å². The van der Waals surface area contributed by atoms with E-state index in [0.29, 0.717) is 43.8 Å². The number of rotatable bonds is 4. The van der Waals surface area contributed by atoms with E-state index in [4.69, 9.17) is 4.98 Å². The van der Waals surface area contributed by atoms with Gasteiger partial charge in [0.15, 0.2) is 11.6 Å². The second-order valence-electron chi connectivity index (χ2n) is 7.13. The first kappa shape index (κ1) is 17.3. The molecule has 27 heavy (non-hydrogen) atoms. The zero-order valence-electron chi connectivity index (χ0n) is 15.8. The van der Waals surface area contributed by atoms with Gasteiger partial charge in [0.05, 0.1) is 0 Å². The van der Waals surface area contributed by atoms with E-state index in [1.165, 1.54) is 0 Å². The summed E-state index contributed by atoms with van der Waals surface area (Å²) in [6, 6.07) is 5.83. The molecular formula is C18H24N8O. The third-order valence-corrected chi connectivity index (χ3v) is 4.70. The first-order valence-corrected chi connectivity index (χ1v) is 9.19. The van der Waals surface area contributed by atoms with Gasteiger partial charge in [0.25, 0.3) is 0 Å². The Morgan fingerprint density at radius 1 is 1.26 bits per heavy atom. The number of carbonyl (C=O) groups excluding carboxylic acids is 1. The molecule has 4 heterocycles. The average molecular weight is 368 g/mol. The molecule has 0 saturated carbocycles. The van der Waals surface area contributed by atoms with Gasteiger partial charge in [0, 0.05) is 50.1 Å². The van der Waals surface area contributed by atoms with Gasteiger partial charge in [-0.2, -0.15) is 10.1 Å². The van der Waals surface area contributed by atoms with Crippen LogP contribution in [0.2, 0.25) is 0 Å². The standard InChI is InChI=1S/C18H24N8O/c1-12(2)17(27)24-7-9-25(10-8-24)18-20-16(14-5-4-6-26(14)23-18)19-15-11-13(3)21-22-15/h4-6,11-12H,7-10H2,1-3H3,(H2,19,20,21,22,23). The normalized spacial score (nSPS) is 15.0. The molecule has 0 atom stereocenters. The molecule has 9 heteroatoms. The predicted octanol–water partition coefficient (Wildman–Crippen LogP) is 1.81. The number of aromatic amines is 1. The molecule has 1 aliphatic heterocycles. The van der Waals surface area contributed by atoms with Crippen molar-refractivity contribution in [2.75, 3.05) is 36.4 Å². The molecule has 1 aliphatic rings. The number of nitrogens with one attached hydrogen (secondary N) is 2. The maximum absolute atomic E-state index is 12.2. The fourth-order valence-electron chi connectivity index (χ4n) is 3.24. The van der Waals surface area contributed by atoms with Crippen molar-refractivity contribution in [1.29, 1.82) is 0 Å². The fourth-order valence-corrected chi connectivity index (χ4v) is 3.24. The SMILES string of the molecule is Cc1cc(Nc2nc(N3CCN(C(=O)C(C)C)CC3)nn3cccc23)n[nH]1. The van der Waals surface area contributed by atoms with E-state index >= 15 is 0 Å². The van der Waals surface area contributed by atoms with E-state index in [1.807, 2.05) is 54.6 Å². The number of piperazine rings is 1. The Hall–Kier alpha value is -3.10. The lowest BCUT2D eigenvalue weighted by molar-refractivity contribution is -0.134. The molecule has 3 aromatic rings. The van der Waals surface area contributed by atoms with Crippen LogP contribution in [0.4, 0.5) is 17.6 Å². The van der Waals surface area contributed by atoms with E-state index in [9.17, 15) is 4.79 Å². The minimum absolute atomic E-state index is 0.0251. The second kappa shape index (κ2) is 6.90. The Balaban J connectivity index is 1.57. The van der Waals surface area contributed by atoms with Gasteiger partial charge in [-0.05, 0) is 19.1 Å². The Kier molecular flexibility index (Phi) is 4.43. The summed E-state index contributed by atoms with van der Waals surface area (Å²) in [6.07, 6.45) is 1.90. The molecule has 3 aromatic heterocycles. The number of anilines is 3. The summed E-state index contributed by atoms with van der Waals surface area (Å²) >= 11 is 0. The highest BCUT2D eigenvalue weighted by Gasteiger charge is 2.25. The van der Waals surface area contributed by atoms with E-state index in [1.54, 1.807) is 0 Å². The summed E-state index contributed by atoms with van der Waals surface area (Å²) in [7, 11) is 0. The van der Waals surface area contributed by atoms with Crippen LogP contribution >= 0.6 is 0 Å².